The summed E-state index contributed by atoms with van der Waals surface area (Å²) in [5.74, 6) is -2.73. The molecule has 1 N–H and O–H groups in total. The Labute approximate surface area is 74.0 Å². The summed E-state index contributed by atoms with van der Waals surface area (Å²) in [5.41, 5.74) is 0.0740. The van der Waals surface area contributed by atoms with Gasteiger partial charge in [-0.2, -0.15) is 5.26 Å². The lowest BCUT2D eigenvalue weighted by atomic mass is 9.94. The fourth-order valence-corrected chi connectivity index (χ4v) is 1.03. The Kier molecular flexibility index (Phi) is 2.24. The molecule has 1 rings (SSSR count). The van der Waals surface area contributed by atoms with Gasteiger partial charge in [0.15, 0.2) is 0 Å². The summed E-state index contributed by atoms with van der Waals surface area (Å²) in [6, 6.07) is 1.64. The number of carboxylic acid groups (broad SMARTS) is 1. The first-order valence-electron chi connectivity index (χ1n) is 3.50. The number of nitrogens with zero attached hydrogens (tertiary/aromatic N) is 2. The van der Waals surface area contributed by atoms with Crippen molar-refractivity contribution in [2.45, 2.75) is 6.92 Å². The molecule has 1 heterocycles. The third kappa shape index (κ3) is 1.47. The maximum Gasteiger partial charge on any atom is 0.316 e. The van der Waals surface area contributed by atoms with Crippen LogP contribution in [-0.2, 0) is 9.59 Å². The first-order valence-corrected chi connectivity index (χ1v) is 3.50. The van der Waals surface area contributed by atoms with Crippen LogP contribution in [0.2, 0.25) is 0 Å². The summed E-state index contributed by atoms with van der Waals surface area (Å²) in [4.78, 5) is 24.8. The molecule has 0 aliphatic carbocycles. The Morgan fingerprint density at radius 3 is 2.85 bits per heavy atom. The predicted octanol–water partition coefficient (Wildman–Crippen LogP) is 0.138. The minimum atomic E-state index is -1.11. The molecule has 1 amide bonds. The van der Waals surface area contributed by atoms with E-state index in [1.165, 1.54) is 6.92 Å². The molecule has 1 aliphatic heterocycles. The number of carboxylic acids is 1. The van der Waals surface area contributed by atoms with Gasteiger partial charge in [-0.1, -0.05) is 0 Å². The van der Waals surface area contributed by atoms with Gasteiger partial charge in [0.2, 0.25) is 0 Å². The highest BCUT2D eigenvalue weighted by atomic mass is 16.4. The number of nitriles is 1. The van der Waals surface area contributed by atoms with Gasteiger partial charge in [-0.25, -0.2) is 4.99 Å². The van der Waals surface area contributed by atoms with Gasteiger partial charge in [0, 0.05) is 6.21 Å². The molecule has 13 heavy (non-hydrogen) atoms. The maximum atomic E-state index is 10.9. The topological polar surface area (TPSA) is 90.5 Å². The van der Waals surface area contributed by atoms with Gasteiger partial charge in [0.1, 0.15) is 17.6 Å². The highest BCUT2D eigenvalue weighted by Crippen LogP contribution is 2.18. The van der Waals surface area contributed by atoms with E-state index in [0.29, 0.717) is 0 Å². The van der Waals surface area contributed by atoms with E-state index < -0.39 is 17.8 Å². The van der Waals surface area contributed by atoms with Crippen LogP contribution >= 0.6 is 0 Å². The lowest BCUT2D eigenvalue weighted by molar-refractivity contribution is -0.138. The number of dihydropyridines is 1. The second kappa shape index (κ2) is 3.19. The molecule has 0 spiro atoms. The number of carbonyl (C=O) groups is 2. The number of aliphatic carboxylic acids is 1. The van der Waals surface area contributed by atoms with Crippen molar-refractivity contribution >= 4 is 18.1 Å². The van der Waals surface area contributed by atoms with Crippen molar-refractivity contribution in [2.24, 2.45) is 10.9 Å². The molecule has 0 fully saturated rings. The second-order valence-corrected chi connectivity index (χ2v) is 2.57. The highest BCUT2D eigenvalue weighted by molar-refractivity contribution is 6.09. The number of amides is 1. The monoisotopic (exact) mass is 178 g/mol. The average molecular weight is 178 g/mol. The van der Waals surface area contributed by atoms with Crippen molar-refractivity contribution in [3.8, 4) is 6.07 Å². The van der Waals surface area contributed by atoms with Crippen LogP contribution in [0.5, 0.6) is 0 Å². The molecule has 1 atom stereocenters. The number of carbonyl (C=O) groups excluding carboxylic acids is 1. The summed E-state index contributed by atoms with van der Waals surface area (Å²) < 4.78 is 0. The Hall–Kier alpha value is -1.96. The molecular formula is C8H6N2O3. The molecule has 1 unspecified atom stereocenters. The van der Waals surface area contributed by atoms with Crippen LogP contribution in [0.25, 0.3) is 0 Å². The smallest absolute Gasteiger partial charge is 0.316 e. The zero-order valence-electron chi connectivity index (χ0n) is 6.81. The van der Waals surface area contributed by atoms with Crippen molar-refractivity contribution in [2.75, 3.05) is 0 Å². The molecule has 0 saturated carbocycles. The molecular weight excluding hydrogens is 172 g/mol. The third-order valence-corrected chi connectivity index (χ3v) is 1.79. The van der Waals surface area contributed by atoms with E-state index in [2.05, 4.69) is 4.99 Å². The Morgan fingerprint density at radius 1 is 1.77 bits per heavy atom. The Bertz CT molecular complexity index is 373. The minimum absolute atomic E-state index is 0.171. The van der Waals surface area contributed by atoms with Crippen molar-refractivity contribution < 1.29 is 14.7 Å². The summed E-state index contributed by atoms with van der Waals surface area (Å²) in [7, 11) is 0. The van der Waals surface area contributed by atoms with E-state index in [1.807, 2.05) is 0 Å². The molecule has 1 aliphatic rings. The van der Waals surface area contributed by atoms with E-state index >= 15 is 0 Å². The van der Waals surface area contributed by atoms with Gasteiger partial charge >= 0.3 is 5.97 Å². The summed E-state index contributed by atoms with van der Waals surface area (Å²) in [6.45, 7) is 1.44. The number of rotatable bonds is 1. The van der Waals surface area contributed by atoms with Crippen molar-refractivity contribution in [1.29, 1.82) is 5.26 Å². The molecule has 0 aromatic heterocycles. The van der Waals surface area contributed by atoms with Crippen LogP contribution in [0.3, 0.4) is 0 Å². The molecule has 0 saturated heterocycles. The second-order valence-electron chi connectivity index (χ2n) is 2.57. The van der Waals surface area contributed by atoms with Crippen molar-refractivity contribution in [1.82, 2.24) is 0 Å². The fourth-order valence-electron chi connectivity index (χ4n) is 1.03. The number of hydrogen-bond acceptors (Lipinski definition) is 3. The zero-order chi connectivity index (χ0) is 10.0. The van der Waals surface area contributed by atoms with Crippen LogP contribution in [0.15, 0.2) is 16.1 Å². The van der Waals surface area contributed by atoms with E-state index in [-0.39, 0.29) is 11.1 Å². The summed E-state index contributed by atoms with van der Waals surface area (Å²) in [5, 5.41) is 17.2. The summed E-state index contributed by atoms with van der Waals surface area (Å²) >= 11 is 0. The van der Waals surface area contributed by atoms with E-state index in [4.69, 9.17) is 10.4 Å². The van der Waals surface area contributed by atoms with E-state index in [0.717, 1.165) is 6.21 Å². The van der Waals surface area contributed by atoms with Crippen LogP contribution in [-0.4, -0.2) is 23.2 Å². The lowest BCUT2D eigenvalue weighted by Crippen LogP contribution is -2.23. The lowest BCUT2D eigenvalue weighted by Gasteiger charge is -2.12. The minimum Gasteiger partial charge on any atom is -0.481 e. The maximum absolute atomic E-state index is 10.9. The molecule has 0 aromatic rings. The van der Waals surface area contributed by atoms with Gasteiger partial charge < -0.3 is 5.11 Å². The van der Waals surface area contributed by atoms with Gasteiger partial charge in [-0.3, -0.25) is 9.59 Å². The number of aliphatic imine (C=N–C) groups is 1. The first-order chi connectivity index (χ1) is 6.07. The van der Waals surface area contributed by atoms with E-state index in [1.54, 1.807) is 6.07 Å². The highest BCUT2D eigenvalue weighted by Gasteiger charge is 2.27. The van der Waals surface area contributed by atoms with Gasteiger partial charge in [0.05, 0.1) is 0 Å². The summed E-state index contributed by atoms with van der Waals surface area (Å²) in [6.07, 6.45) is 1.04. The van der Waals surface area contributed by atoms with Crippen LogP contribution < -0.4 is 0 Å². The molecule has 66 valence electrons. The van der Waals surface area contributed by atoms with Crippen LogP contribution in [0, 0.1) is 17.2 Å². The van der Waals surface area contributed by atoms with Crippen molar-refractivity contribution in [3.63, 3.8) is 0 Å². The largest absolute Gasteiger partial charge is 0.481 e. The van der Waals surface area contributed by atoms with Crippen LogP contribution in [0.1, 0.15) is 6.92 Å². The average Bonchev–Trinajstić information content (AvgIpc) is 2.04. The standard InChI is InChI=1S/C8H6N2O3/c1-4-5(2-9)7(11)10-3-6(4)8(12)13/h3,6H,1H3,(H,12,13). The Morgan fingerprint density at radius 2 is 2.38 bits per heavy atom. The fraction of sp³-hybridized carbons (Fsp3) is 0.250. The first kappa shape index (κ1) is 9.13. The SMILES string of the molecule is CC1=C(C#N)C(=O)N=CC1C(=O)O. The van der Waals surface area contributed by atoms with Crippen molar-refractivity contribution in [3.05, 3.63) is 11.1 Å². The number of hydrogen-bond donors (Lipinski definition) is 1. The Balaban J connectivity index is 3.17. The molecule has 0 aromatic carbocycles. The van der Waals surface area contributed by atoms with Gasteiger partial charge in [-0.05, 0) is 12.5 Å². The zero-order valence-corrected chi connectivity index (χ0v) is 6.81. The quantitative estimate of drug-likeness (QED) is 0.618. The molecule has 0 radical (unpaired) electrons. The normalized spacial score (nSPS) is 21.5. The van der Waals surface area contributed by atoms with E-state index in [9.17, 15) is 9.59 Å². The molecule has 5 heteroatoms. The third-order valence-electron chi connectivity index (χ3n) is 1.79. The molecule has 5 nitrogen and oxygen atoms in total. The van der Waals surface area contributed by atoms with Gasteiger partial charge in [0.25, 0.3) is 5.91 Å². The van der Waals surface area contributed by atoms with Crippen LogP contribution in [0.4, 0.5) is 0 Å². The van der Waals surface area contributed by atoms with Gasteiger partial charge in [-0.15, -0.1) is 0 Å². The molecule has 0 bridgehead atoms. The predicted molar refractivity (Wildman–Crippen MR) is 42.9 cm³/mol.